The summed E-state index contributed by atoms with van der Waals surface area (Å²) in [5.41, 5.74) is 5.77. The Kier molecular flexibility index (Phi) is 8.17. The van der Waals surface area contributed by atoms with Crippen molar-refractivity contribution in [3.8, 4) is 0 Å². The predicted octanol–water partition coefficient (Wildman–Crippen LogP) is 1.16. The van der Waals surface area contributed by atoms with Gasteiger partial charge in [0.05, 0.1) is 0 Å². The highest BCUT2D eigenvalue weighted by Crippen LogP contribution is 2.07. The molecule has 1 amide bonds. The van der Waals surface area contributed by atoms with Gasteiger partial charge < -0.3 is 15.5 Å². The number of rotatable bonds is 8. The first kappa shape index (κ1) is 16.4. The Labute approximate surface area is 106 Å². The van der Waals surface area contributed by atoms with E-state index in [4.69, 9.17) is 5.73 Å². The van der Waals surface area contributed by atoms with Gasteiger partial charge in [-0.05, 0) is 26.8 Å². The second kappa shape index (κ2) is 8.48. The van der Waals surface area contributed by atoms with Gasteiger partial charge in [-0.15, -0.1) is 0 Å². The fourth-order valence-corrected chi connectivity index (χ4v) is 2.05. The number of nitrogens with zero attached hydrogens (tertiary/aromatic N) is 2. The first-order valence-electron chi connectivity index (χ1n) is 6.64. The highest BCUT2D eigenvalue weighted by molar-refractivity contribution is 5.76. The molecule has 0 saturated carbocycles. The molecule has 0 aromatic carbocycles. The lowest BCUT2D eigenvalue weighted by molar-refractivity contribution is -0.132. The molecule has 0 aliphatic heterocycles. The van der Waals surface area contributed by atoms with Crippen LogP contribution in [0.25, 0.3) is 0 Å². The van der Waals surface area contributed by atoms with E-state index in [1.54, 1.807) is 0 Å². The van der Waals surface area contributed by atoms with Crippen LogP contribution in [0.15, 0.2) is 0 Å². The lowest BCUT2D eigenvalue weighted by Crippen LogP contribution is -2.44. The summed E-state index contributed by atoms with van der Waals surface area (Å²) in [5.74, 6) is 0.804. The van der Waals surface area contributed by atoms with E-state index in [2.05, 4.69) is 18.7 Å². The number of carbonyl (C=O) groups is 1. The van der Waals surface area contributed by atoms with E-state index >= 15 is 0 Å². The molecule has 0 aliphatic rings. The molecule has 0 radical (unpaired) electrons. The molecule has 0 heterocycles. The van der Waals surface area contributed by atoms with Gasteiger partial charge in [-0.25, -0.2) is 0 Å². The fraction of sp³-hybridized carbons (Fsp3) is 0.923. The summed E-state index contributed by atoms with van der Waals surface area (Å²) in [6.45, 7) is 11.4. The minimum Gasteiger partial charge on any atom is -0.343 e. The van der Waals surface area contributed by atoms with Crippen molar-refractivity contribution in [1.82, 2.24) is 9.80 Å². The molecule has 0 rings (SSSR count). The number of hydrogen-bond acceptors (Lipinski definition) is 3. The summed E-state index contributed by atoms with van der Waals surface area (Å²) < 4.78 is 0. The third-order valence-electron chi connectivity index (χ3n) is 3.07. The van der Waals surface area contributed by atoms with Gasteiger partial charge in [0, 0.05) is 38.6 Å². The molecule has 1 unspecified atom stereocenters. The highest BCUT2D eigenvalue weighted by atomic mass is 16.2. The first-order chi connectivity index (χ1) is 7.96. The lowest BCUT2D eigenvalue weighted by Gasteiger charge is -2.30. The molecule has 0 aromatic rings. The summed E-state index contributed by atoms with van der Waals surface area (Å²) in [7, 11) is 2.05. The van der Waals surface area contributed by atoms with Crippen LogP contribution >= 0.6 is 0 Å². The average Bonchev–Trinajstić information content (AvgIpc) is 2.26. The van der Waals surface area contributed by atoms with Gasteiger partial charge in [0.15, 0.2) is 0 Å². The van der Waals surface area contributed by atoms with Crippen LogP contribution in [0.4, 0.5) is 0 Å². The molecule has 0 saturated heterocycles. The van der Waals surface area contributed by atoms with E-state index in [-0.39, 0.29) is 11.9 Å². The molecular weight excluding hydrogens is 214 g/mol. The van der Waals surface area contributed by atoms with Crippen molar-refractivity contribution in [2.24, 2.45) is 11.7 Å². The van der Waals surface area contributed by atoms with Crippen LogP contribution in [0.2, 0.25) is 0 Å². The third kappa shape index (κ3) is 6.03. The van der Waals surface area contributed by atoms with Crippen molar-refractivity contribution in [3.05, 3.63) is 0 Å². The molecule has 17 heavy (non-hydrogen) atoms. The maximum atomic E-state index is 12.0. The number of nitrogens with two attached hydrogens (primary N) is 1. The molecule has 1 atom stereocenters. The number of carbonyl (C=O) groups excluding carboxylic acids is 1. The second-order valence-corrected chi connectivity index (χ2v) is 4.99. The van der Waals surface area contributed by atoms with Gasteiger partial charge in [-0.3, -0.25) is 4.79 Å². The number of amides is 1. The zero-order valence-corrected chi connectivity index (χ0v) is 12.1. The van der Waals surface area contributed by atoms with Crippen molar-refractivity contribution in [2.75, 3.05) is 33.2 Å². The summed E-state index contributed by atoms with van der Waals surface area (Å²) in [6.07, 6.45) is 0.529. The topological polar surface area (TPSA) is 49.6 Å². The quantitative estimate of drug-likeness (QED) is 0.696. The van der Waals surface area contributed by atoms with E-state index in [1.807, 2.05) is 25.8 Å². The lowest BCUT2D eigenvalue weighted by atomic mass is 10.1. The van der Waals surface area contributed by atoms with E-state index < -0.39 is 0 Å². The molecule has 4 nitrogen and oxygen atoms in total. The Morgan fingerprint density at radius 2 is 1.76 bits per heavy atom. The molecule has 0 aromatic heterocycles. The van der Waals surface area contributed by atoms with Crippen LogP contribution in [-0.4, -0.2) is 55.0 Å². The van der Waals surface area contributed by atoms with Gasteiger partial charge >= 0.3 is 0 Å². The summed E-state index contributed by atoms with van der Waals surface area (Å²) in [4.78, 5) is 16.1. The largest absolute Gasteiger partial charge is 0.343 e. The molecule has 102 valence electrons. The Balaban J connectivity index is 4.33. The van der Waals surface area contributed by atoms with Gasteiger partial charge in [0.1, 0.15) is 0 Å². The molecule has 0 fully saturated rings. The van der Waals surface area contributed by atoms with Crippen molar-refractivity contribution in [3.63, 3.8) is 0 Å². The monoisotopic (exact) mass is 243 g/mol. The van der Waals surface area contributed by atoms with Crippen LogP contribution in [0.5, 0.6) is 0 Å². The van der Waals surface area contributed by atoms with Crippen molar-refractivity contribution >= 4 is 5.91 Å². The Bertz CT molecular complexity index is 215. The zero-order valence-electron chi connectivity index (χ0n) is 12.1. The van der Waals surface area contributed by atoms with E-state index in [1.165, 1.54) is 0 Å². The van der Waals surface area contributed by atoms with Crippen molar-refractivity contribution < 1.29 is 4.79 Å². The van der Waals surface area contributed by atoms with E-state index in [9.17, 15) is 4.79 Å². The van der Waals surface area contributed by atoms with Crippen LogP contribution < -0.4 is 5.73 Å². The molecular formula is C13H29N3O. The maximum absolute atomic E-state index is 12.0. The first-order valence-corrected chi connectivity index (χ1v) is 6.64. The average molecular weight is 243 g/mol. The Hall–Kier alpha value is -0.610. The predicted molar refractivity (Wildman–Crippen MR) is 72.9 cm³/mol. The maximum Gasteiger partial charge on any atom is 0.224 e. The molecule has 2 N–H and O–H groups in total. The molecule has 0 bridgehead atoms. The van der Waals surface area contributed by atoms with Gasteiger partial charge in [0.25, 0.3) is 0 Å². The van der Waals surface area contributed by atoms with Crippen molar-refractivity contribution in [2.45, 2.75) is 40.2 Å². The minimum absolute atomic E-state index is 0.158. The third-order valence-corrected chi connectivity index (χ3v) is 3.07. The standard InChI is InChI=1S/C13H29N3O/c1-6-16(7-2)13(17)8-12(9-14)15(5)10-11(3)4/h11-12H,6-10,14H2,1-5H3. The number of likely N-dealkylation sites (N-methyl/N-ethyl adjacent to an activating group) is 1. The minimum atomic E-state index is 0.158. The van der Waals surface area contributed by atoms with Crippen LogP contribution in [-0.2, 0) is 4.79 Å². The summed E-state index contributed by atoms with van der Waals surface area (Å²) in [5, 5.41) is 0. The van der Waals surface area contributed by atoms with Gasteiger partial charge in [0.2, 0.25) is 5.91 Å². The highest BCUT2D eigenvalue weighted by Gasteiger charge is 2.20. The Morgan fingerprint density at radius 3 is 2.12 bits per heavy atom. The van der Waals surface area contributed by atoms with Crippen LogP contribution in [0, 0.1) is 5.92 Å². The Morgan fingerprint density at radius 1 is 1.24 bits per heavy atom. The summed E-state index contributed by atoms with van der Waals surface area (Å²) >= 11 is 0. The zero-order chi connectivity index (χ0) is 13.4. The second-order valence-electron chi connectivity index (χ2n) is 4.99. The van der Waals surface area contributed by atoms with Gasteiger partial charge in [-0.1, -0.05) is 13.8 Å². The van der Waals surface area contributed by atoms with Crippen LogP contribution in [0.3, 0.4) is 0 Å². The molecule has 0 spiro atoms. The number of hydrogen-bond donors (Lipinski definition) is 1. The van der Waals surface area contributed by atoms with E-state index in [0.29, 0.717) is 18.9 Å². The molecule has 4 heteroatoms. The smallest absolute Gasteiger partial charge is 0.224 e. The normalized spacial score (nSPS) is 13.2. The SMILES string of the molecule is CCN(CC)C(=O)CC(CN)N(C)CC(C)C. The van der Waals surface area contributed by atoms with Gasteiger partial charge in [-0.2, -0.15) is 0 Å². The van der Waals surface area contributed by atoms with Crippen LogP contribution in [0.1, 0.15) is 34.1 Å². The van der Waals surface area contributed by atoms with E-state index in [0.717, 1.165) is 19.6 Å². The fourth-order valence-electron chi connectivity index (χ4n) is 2.05. The van der Waals surface area contributed by atoms with Crippen molar-refractivity contribution in [1.29, 1.82) is 0 Å². The molecule has 0 aliphatic carbocycles. The summed E-state index contributed by atoms with van der Waals surface area (Å²) in [6, 6.07) is 0.158.